The summed E-state index contributed by atoms with van der Waals surface area (Å²) in [5, 5.41) is 9.79. The maximum Gasteiger partial charge on any atom is 0.226 e. The zero-order chi connectivity index (χ0) is 13.8. The Morgan fingerprint density at radius 3 is 2.53 bits per heavy atom. The topological polar surface area (TPSA) is 53.0 Å². The number of piperazine rings is 1. The molecule has 2 rings (SSSR count). The Hall–Kier alpha value is -0.650. The van der Waals surface area contributed by atoms with Gasteiger partial charge in [-0.3, -0.25) is 9.69 Å². The summed E-state index contributed by atoms with van der Waals surface area (Å²) in [4.78, 5) is 16.3. The number of hydrogen-bond acceptors (Lipinski definition) is 4. The van der Waals surface area contributed by atoms with Crippen LogP contribution in [0.25, 0.3) is 0 Å². The van der Waals surface area contributed by atoms with Crippen LogP contribution in [0.1, 0.15) is 20.3 Å². The summed E-state index contributed by atoms with van der Waals surface area (Å²) < 4.78 is 5.21. The molecule has 19 heavy (non-hydrogen) atoms. The summed E-state index contributed by atoms with van der Waals surface area (Å²) in [6, 6.07) is 0. The van der Waals surface area contributed by atoms with Gasteiger partial charge in [0.25, 0.3) is 0 Å². The molecule has 1 heterocycles. The van der Waals surface area contributed by atoms with E-state index in [1.807, 2.05) is 11.8 Å². The zero-order valence-corrected chi connectivity index (χ0v) is 12.0. The van der Waals surface area contributed by atoms with Crippen LogP contribution in [0.3, 0.4) is 0 Å². The van der Waals surface area contributed by atoms with E-state index in [2.05, 4.69) is 11.8 Å². The minimum Gasteiger partial charge on any atom is -0.389 e. The molecule has 0 spiro atoms. The van der Waals surface area contributed by atoms with Gasteiger partial charge in [-0.05, 0) is 19.3 Å². The molecule has 0 radical (unpaired) electrons. The fraction of sp³-hybridized carbons (Fsp3) is 0.929. The van der Waals surface area contributed by atoms with Crippen molar-refractivity contribution in [2.75, 3.05) is 45.9 Å². The van der Waals surface area contributed by atoms with E-state index in [0.29, 0.717) is 31.6 Å². The van der Waals surface area contributed by atoms with Crippen LogP contribution in [0.4, 0.5) is 0 Å². The molecule has 1 aliphatic carbocycles. The van der Waals surface area contributed by atoms with Gasteiger partial charge in [-0.25, -0.2) is 0 Å². The second-order valence-electron chi connectivity index (χ2n) is 5.76. The lowest BCUT2D eigenvalue weighted by Gasteiger charge is -2.35. The number of amides is 1. The Morgan fingerprint density at radius 2 is 2.00 bits per heavy atom. The van der Waals surface area contributed by atoms with Crippen molar-refractivity contribution in [2.24, 2.45) is 11.8 Å². The third kappa shape index (κ3) is 4.16. The zero-order valence-electron chi connectivity index (χ0n) is 12.0. The summed E-state index contributed by atoms with van der Waals surface area (Å²) in [6.07, 6.45) is 0.636. The first-order chi connectivity index (χ1) is 9.11. The molecule has 5 nitrogen and oxygen atoms in total. The predicted molar refractivity (Wildman–Crippen MR) is 72.8 cm³/mol. The molecule has 2 aliphatic rings. The monoisotopic (exact) mass is 270 g/mol. The van der Waals surface area contributed by atoms with E-state index >= 15 is 0 Å². The number of aliphatic hydroxyl groups is 1. The smallest absolute Gasteiger partial charge is 0.226 e. The lowest BCUT2D eigenvalue weighted by atomic mass is 10.2. The molecule has 1 N–H and O–H groups in total. The minimum absolute atomic E-state index is 0.287. The average Bonchev–Trinajstić information content (AvgIpc) is 3.13. The van der Waals surface area contributed by atoms with Crippen LogP contribution in [-0.2, 0) is 9.53 Å². The molecule has 1 amide bonds. The molecular weight excluding hydrogens is 244 g/mol. The van der Waals surface area contributed by atoms with Crippen molar-refractivity contribution in [3.05, 3.63) is 0 Å². The molecular formula is C14H26N2O3. The van der Waals surface area contributed by atoms with Crippen molar-refractivity contribution in [1.29, 1.82) is 0 Å². The molecule has 3 atom stereocenters. The van der Waals surface area contributed by atoms with Crippen molar-refractivity contribution in [1.82, 2.24) is 9.80 Å². The fourth-order valence-electron chi connectivity index (χ4n) is 2.66. The SMILES string of the molecule is CCOCC(O)CN1CCN(C(=O)C2CC2C)CC1. The van der Waals surface area contributed by atoms with E-state index in [1.165, 1.54) is 0 Å². The molecule has 110 valence electrons. The standard InChI is InChI=1S/C14H26N2O3/c1-3-19-10-12(17)9-15-4-6-16(7-5-15)14(18)13-8-11(13)2/h11-13,17H,3-10H2,1-2H3. The second kappa shape index (κ2) is 6.68. The van der Waals surface area contributed by atoms with Gasteiger partial charge in [0, 0.05) is 45.2 Å². The number of carbonyl (C=O) groups is 1. The summed E-state index contributed by atoms with van der Waals surface area (Å²) in [6.45, 7) is 9.05. The van der Waals surface area contributed by atoms with Gasteiger partial charge in [0.05, 0.1) is 12.7 Å². The van der Waals surface area contributed by atoms with Crippen molar-refractivity contribution in [2.45, 2.75) is 26.4 Å². The lowest BCUT2D eigenvalue weighted by Crippen LogP contribution is -2.51. The van der Waals surface area contributed by atoms with Gasteiger partial charge >= 0.3 is 0 Å². The quantitative estimate of drug-likeness (QED) is 0.748. The minimum atomic E-state index is -0.425. The Labute approximate surface area is 115 Å². The van der Waals surface area contributed by atoms with Gasteiger partial charge in [-0.1, -0.05) is 6.92 Å². The summed E-state index contributed by atoms with van der Waals surface area (Å²) in [5.74, 6) is 1.20. The van der Waals surface area contributed by atoms with Crippen LogP contribution >= 0.6 is 0 Å². The molecule has 0 aromatic heterocycles. The molecule has 1 saturated heterocycles. The third-order valence-electron chi connectivity index (χ3n) is 4.09. The summed E-state index contributed by atoms with van der Waals surface area (Å²) in [7, 11) is 0. The Bertz CT molecular complexity index is 303. The molecule has 5 heteroatoms. The molecule has 1 aliphatic heterocycles. The van der Waals surface area contributed by atoms with Crippen LogP contribution in [0.15, 0.2) is 0 Å². The molecule has 0 bridgehead atoms. The highest BCUT2D eigenvalue weighted by Gasteiger charge is 2.41. The van der Waals surface area contributed by atoms with Crippen LogP contribution in [0.5, 0.6) is 0 Å². The second-order valence-corrected chi connectivity index (χ2v) is 5.76. The van der Waals surface area contributed by atoms with E-state index in [-0.39, 0.29) is 5.92 Å². The summed E-state index contributed by atoms with van der Waals surface area (Å²) >= 11 is 0. The molecule has 3 unspecified atom stereocenters. The maximum atomic E-state index is 12.1. The largest absolute Gasteiger partial charge is 0.389 e. The van der Waals surface area contributed by atoms with E-state index in [9.17, 15) is 9.90 Å². The van der Waals surface area contributed by atoms with Crippen LogP contribution in [0, 0.1) is 11.8 Å². The van der Waals surface area contributed by atoms with Crippen LogP contribution in [-0.4, -0.2) is 72.9 Å². The number of aliphatic hydroxyl groups excluding tert-OH is 1. The molecule has 0 aromatic rings. The number of nitrogens with zero attached hydrogens (tertiary/aromatic N) is 2. The number of hydrogen-bond donors (Lipinski definition) is 1. The number of rotatable bonds is 6. The van der Waals surface area contributed by atoms with Crippen molar-refractivity contribution >= 4 is 5.91 Å². The average molecular weight is 270 g/mol. The van der Waals surface area contributed by atoms with Gasteiger partial charge < -0.3 is 14.7 Å². The van der Waals surface area contributed by atoms with Gasteiger partial charge in [-0.2, -0.15) is 0 Å². The first-order valence-electron chi connectivity index (χ1n) is 7.38. The van der Waals surface area contributed by atoms with E-state index in [0.717, 1.165) is 32.6 Å². The fourth-order valence-corrected chi connectivity index (χ4v) is 2.66. The van der Waals surface area contributed by atoms with E-state index in [1.54, 1.807) is 0 Å². The van der Waals surface area contributed by atoms with Crippen molar-refractivity contribution in [3.8, 4) is 0 Å². The predicted octanol–water partition coefficient (Wildman–Crippen LogP) is 0.184. The van der Waals surface area contributed by atoms with Crippen LogP contribution in [0.2, 0.25) is 0 Å². The third-order valence-corrected chi connectivity index (χ3v) is 4.09. The van der Waals surface area contributed by atoms with Crippen molar-refractivity contribution < 1.29 is 14.6 Å². The number of β-amino-alcohol motifs (C(OH)–C–C–N with tert-alkyl or cyclic N) is 1. The first kappa shape index (κ1) is 14.8. The molecule has 2 fully saturated rings. The highest BCUT2D eigenvalue weighted by atomic mass is 16.5. The van der Waals surface area contributed by atoms with Gasteiger partial charge in [0.15, 0.2) is 0 Å². The number of carbonyl (C=O) groups excluding carboxylic acids is 1. The molecule has 1 saturated carbocycles. The number of ether oxygens (including phenoxy) is 1. The van der Waals surface area contributed by atoms with Gasteiger partial charge in [0.2, 0.25) is 5.91 Å². The summed E-state index contributed by atoms with van der Waals surface area (Å²) in [5.41, 5.74) is 0. The highest BCUT2D eigenvalue weighted by Crippen LogP contribution is 2.39. The van der Waals surface area contributed by atoms with E-state index in [4.69, 9.17) is 4.74 Å². The normalized spacial score (nSPS) is 29.3. The lowest BCUT2D eigenvalue weighted by molar-refractivity contribution is -0.134. The van der Waals surface area contributed by atoms with Gasteiger partial charge in [-0.15, -0.1) is 0 Å². The Kier molecular flexibility index (Phi) is 5.19. The van der Waals surface area contributed by atoms with Gasteiger partial charge in [0.1, 0.15) is 0 Å². The maximum absolute atomic E-state index is 12.1. The van der Waals surface area contributed by atoms with Crippen LogP contribution < -0.4 is 0 Å². The Morgan fingerprint density at radius 1 is 1.37 bits per heavy atom. The van der Waals surface area contributed by atoms with E-state index < -0.39 is 6.10 Å². The Balaban J connectivity index is 1.66. The molecule has 0 aromatic carbocycles. The highest BCUT2D eigenvalue weighted by molar-refractivity contribution is 5.81. The van der Waals surface area contributed by atoms with Crippen molar-refractivity contribution in [3.63, 3.8) is 0 Å². The first-order valence-corrected chi connectivity index (χ1v) is 7.38.